The summed E-state index contributed by atoms with van der Waals surface area (Å²) in [6.45, 7) is -2.89. The predicted octanol–water partition coefficient (Wildman–Crippen LogP) is 2.17. The number of ether oxygens (including phenoxy) is 2. The number of rotatable bonds is 3. The van der Waals surface area contributed by atoms with E-state index in [1.165, 1.54) is 25.3 Å². The molecule has 1 aromatic rings. The SMILES string of the molecule is COc1ccc(OC(F)F)cc1C#N. The quantitative estimate of drug-likeness (QED) is 0.749. The van der Waals surface area contributed by atoms with Gasteiger partial charge in [0.05, 0.1) is 12.7 Å². The Labute approximate surface area is 79.5 Å². The molecule has 74 valence electrons. The van der Waals surface area contributed by atoms with E-state index in [-0.39, 0.29) is 11.3 Å². The third kappa shape index (κ3) is 2.33. The summed E-state index contributed by atoms with van der Waals surface area (Å²) in [6.07, 6.45) is 0. The average Bonchev–Trinajstić information content (AvgIpc) is 2.16. The zero-order valence-electron chi connectivity index (χ0n) is 7.33. The van der Waals surface area contributed by atoms with Gasteiger partial charge in [-0.2, -0.15) is 14.0 Å². The second-order valence-electron chi connectivity index (χ2n) is 2.35. The minimum Gasteiger partial charge on any atom is -0.495 e. The van der Waals surface area contributed by atoms with Crippen molar-refractivity contribution in [2.45, 2.75) is 6.61 Å². The molecule has 0 unspecified atom stereocenters. The van der Waals surface area contributed by atoms with Crippen LogP contribution in [0.25, 0.3) is 0 Å². The molecule has 14 heavy (non-hydrogen) atoms. The van der Waals surface area contributed by atoms with E-state index in [1.54, 1.807) is 0 Å². The van der Waals surface area contributed by atoms with E-state index >= 15 is 0 Å². The largest absolute Gasteiger partial charge is 0.495 e. The monoisotopic (exact) mass is 199 g/mol. The summed E-state index contributed by atoms with van der Waals surface area (Å²) in [5, 5.41) is 8.64. The predicted molar refractivity (Wildman–Crippen MR) is 44.3 cm³/mol. The van der Waals surface area contributed by atoms with Gasteiger partial charge in [0, 0.05) is 6.07 Å². The van der Waals surface area contributed by atoms with Crippen LogP contribution in [0.2, 0.25) is 0 Å². The second kappa shape index (κ2) is 4.42. The van der Waals surface area contributed by atoms with Crippen molar-refractivity contribution in [3.8, 4) is 17.6 Å². The number of hydrogen-bond donors (Lipinski definition) is 0. The molecular weight excluding hydrogens is 192 g/mol. The third-order valence-electron chi connectivity index (χ3n) is 1.52. The highest BCUT2D eigenvalue weighted by Gasteiger charge is 2.08. The molecule has 0 aromatic heterocycles. The van der Waals surface area contributed by atoms with Gasteiger partial charge in [-0.3, -0.25) is 0 Å². The minimum atomic E-state index is -2.89. The fourth-order valence-electron chi connectivity index (χ4n) is 0.951. The van der Waals surface area contributed by atoms with Crippen LogP contribution in [0.3, 0.4) is 0 Å². The van der Waals surface area contributed by atoms with E-state index in [0.717, 1.165) is 0 Å². The van der Waals surface area contributed by atoms with Gasteiger partial charge >= 0.3 is 6.61 Å². The number of benzene rings is 1. The molecule has 0 bridgehead atoms. The highest BCUT2D eigenvalue weighted by Crippen LogP contribution is 2.24. The minimum absolute atomic E-state index is 0.0580. The maximum Gasteiger partial charge on any atom is 0.387 e. The Morgan fingerprint density at radius 3 is 2.64 bits per heavy atom. The normalized spacial score (nSPS) is 9.64. The molecule has 3 nitrogen and oxygen atoms in total. The number of nitrogens with zero attached hydrogens (tertiary/aromatic N) is 1. The lowest BCUT2D eigenvalue weighted by Gasteiger charge is -2.06. The summed E-state index contributed by atoms with van der Waals surface area (Å²) >= 11 is 0. The molecule has 0 saturated heterocycles. The van der Waals surface area contributed by atoms with Crippen LogP contribution in [0.15, 0.2) is 18.2 Å². The molecule has 0 heterocycles. The summed E-state index contributed by atoms with van der Waals surface area (Å²) in [7, 11) is 1.39. The average molecular weight is 199 g/mol. The molecule has 0 N–H and O–H groups in total. The Morgan fingerprint density at radius 2 is 2.14 bits per heavy atom. The first-order valence-corrected chi connectivity index (χ1v) is 3.70. The zero-order chi connectivity index (χ0) is 10.6. The van der Waals surface area contributed by atoms with Gasteiger partial charge in [0.1, 0.15) is 17.6 Å². The summed E-state index contributed by atoms with van der Waals surface area (Å²) in [4.78, 5) is 0. The molecule has 1 rings (SSSR count). The molecule has 5 heteroatoms. The topological polar surface area (TPSA) is 42.2 Å². The summed E-state index contributed by atoms with van der Waals surface area (Å²) in [6, 6.07) is 5.72. The van der Waals surface area contributed by atoms with Gasteiger partial charge in [-0.05, 0) is 12.1 Å². The Hall–Kier alpha value is -1.83. The molecule has 1 aromatic carbocycles. The lowest BCUT2D eigenvalue weighted by molar-refractivity contribution is -0.0498. The van der Waals surface area contributed by atoms with E-state index in [4.69, 9.17) is 10.00 Å². The summed E-state index contributed by atoms with van der Waals surface area (Å²) in [5.74, 6) is 0.270. The number of hydrogen-bond acceptors (Lipinski definition) is 3. The Kier molecular flexibility index (Phi) is 3.24. The van der Waals surface area contributed by atoms with E-state index < -0.39 is 6.61 Å². The Morgan fingerprint density at radius 1 is 1.43 bits per heavy atom. The number of halogens is 2. The van der Waals surface area contributed by atoms with Crippen LogP contribution in [0.1, 0.15) is 5.56 Å². The van der Waals surface area contributed by atoms with Crippen molar-refractivity contribution in [1.29, 1.82) is 5.26 Å². The van der Waals surface area contributed by atoms with E-state index in [0.29, 0.717) is 5.75 Å². The van der Waals surface area contributed by atoms with Gasteiger partial charge in [-0.25, -0.2) is 0 Å². The van der Waals surface area contributed by atoms with E-state index in [1.807, 2.05) is 6.07 Å². The van der Waals surface area contributed by atoms with Gasteiger partial charge in [0.15, 0.2) is 0 Å². The number of alkyl halides is 2. The van der Waals surface area contributed by atoms with Crippen molar-refractivity contribution >= 4 is 0 Å². The molecule has 0 aliphatic carbocycles. The first-order valence-electron chi connectivity index (χ1n) is 3.70. The number of methoxy groups -OCH3 is 1. The molecular formula is C9H7F2NO2. The number of nitriles is 1. The van der Waals surface area contributed by atoms with Crippen LogP contribution in [-0.2, 0) is 0 Å². The summed E-state index contributed by atoms with van der Waals surface area (Å²) < 4.78 is 32.6. The van der Waals surface area contributed by atoms with Crippen molar-refractivity contribution in [3.05, 3.63) is 23.8 Å². The smallest absolute Gasteiger partial charge is 0.387 e. The Bertz CT molecular complexity index is 360. The first-order chi connectivity index (χ1) is 6.67. The lowest BCUT2D eigenvalue weighted by Crippen LogP contribution is -2.02. The fraction of sp³-hybridized carbons (Fsp3) is 0.222. The van der Waals surface area contributed by atoms with Crippen LogP contribution < -0.4 is 9.47 Å². The van der Waals surface area contributed by atoms with Gasteiger partial charge < -0.3 is 9.47 Å². The van der Waals surface area contributed by atoms with Crippen molar-refractivity contribution in [2.24, 2.45) is 0 Å². The molecule has 0 fully saturated rings. The molecule has 0 aliphatic heterocycles. The van der Waals surface area contributed by atoms with Gasteiger partial charge in [0.25, 0.3) is 0 Å². The molecule has 0 amide bonds. The van der Waals surface area contributed by atoms with Crippen LogP contribution in [-0.4, -0.2) is 13.7 Å². The van der Waals surface area contributed by atoms with E-state index in [2.05, 4.69) is 4.74 Å². The highest BCUT2D eigenvalue weighted by molar-refractivity contribution is 5.47. The molecule has 0 saturated carbocycles. The second-order valence-corrected chi connectivity index (χ2v) is 2.35. The Balaban J connectivity index is 2.97. The van der Waals surface area contributed by atoms with Crippen LogP contribution in [0.4, 0.5) is 8.78 Å². The van der Waals surface area contributed by atoms with Crippen LogP contribution >= 0.6 is 0 Å². The van der Waals surface area contributed by atoms with Crippen molar-refractivity contribution in [3.63, 3.8) is 0 Å². The lowest BCUT2D eigenvalue weighted by atomic mass is 10.2. The first kappa shape index (κ1) is 10.3. The third-order valence-corrected chi connectivity index (χ3v) is 1.52. The molecule has 0 radical (unpaired) electrons. The van der Waals surface area contributed by atoms with E-state index in [9.17, 15) is 8.78 Å². The molecule has 0 atom stereocenters. The maximum atomic E-state index is 11.8. The van der Waals surface area contributed by atoms with Gasteiger partial charge in [-0.15, -0.1) is 0 Å². The van der Waals surface area contributed by atoms with Crippen LogP contribution in [0.5, 0.6) is 11.5 Å². The molecule has 0 aliphatic rings. The van der Waals surface area contributed by atoms with Crippen molar-refractivity contribution < 1.29 is 18.3 Å². The van der Waals surface area contributed by atoms with Crippen molar-refractivity contribution in [2.75, 3.05) is 7.11 Å². The maximum absolute atomic E-state index is 11.8. The van der Waals surface area contributed by atoms with Crippen molar-refractivity contribution in [1.82, 2.24) is 0 Å². The zero-order valence-corrected chi connectivity index (χ0v) is 7.33. The van der Waals surface area contributed by atoms with Gasteiger partial charge in [-0.1, -0.05) is 0 Å². The fourth-order valence-corrected chi connectivity index (χ4v) is 0.951. The van der Waals surface area contributed by atoms with Gasteiger partial charge in [0.2, 0.25) is 0 Å². The summed E-state index contributed by atoms with van der Waals surface area (Å²) in [5.41, 5.74) is 0.158. The standard InChI is InChI=1S/C9H7F2NO2/c1-13-8-3-2-7(14-9(10)11)4-6(8)5-12/h2-4,9H,1H3. The van der Waals surface area contributed by atoms with Crippen LogP contribution in [0, 0.1) is 11.3 Å². The molecule has 0 spiro atoms. The highest BCUT2D eigenvalue weighted by atomic mass is 19.3.